The Balaban J connectivity index is 2.01. The molecule has 3 aromatic rings. The van der Waals surface area contributed by atoms with E-state index in [1.54, 1.807) is 0 Å². The molecular formula is C23H20ClNO. The van der Waals surface area contributed by atoms with Crippen molar-refractivity contribution >= 4 is 34.8 Å². The molecule has 0 aliphatic carbocycles. The minimum Gasteiger partial charge on any atom is -0.322 e. The van der Waals surface area contributed by atoms with E-state index in [9.17, 15) is 4.79 Å². The molecule has 0 fully saturated rings. The molecule has 1 amide bonds. The van der Waals surface area contributed by atoms with Gasteiger partial charge in [0.05, 0.1) is 0 Å². The van der Waals surface area contributed by atoms with Crippen LogP contribution in [0.4, 0.5) is 5.69 Å². The number of amides is 1. The van der Waals surface area contributed by atoms with Crippen molar-refractivity contribution in [3.05, 3.63) is 100 Å². The smallest absolute Gasteiger partial charge is 0.256 e. The van der Waals surface area contributed by atoms with Crippen molar-refractivity contribution in [3.8, 4) is 0 Å². The maximum absolute atomic E-state index is 13.0. The minimum absolute atomic E-state index is 0.164. The number of carbonyl (C=O) groups is 1. The van der Waals surface area contributed by atoms with Gasteiger partial charge >= 0.3 is 0 Å². The van der Waals surface area contributed by atoms with E-state index in [0.29, 0.717) is 10.6 Å². The molecule has 0 bridgehead atoms. The Morgan fingerprint density at radius 2 is 1.62 bits per heavy atom. The standard InChI is InChI=1S/C23H20ClNO/c1-16-12-13-22(17(2)14-16)25-23(26)20(18-8-4-3-5-9-18)15-19-10-6-7-11-21(19)24/h3-15H,1-2H3,(H,25,26)/b20-15+. The average molecular weight is 362 g/mol. The second kappa shape index (κ2) is 8.03. The van der Waals surface area contributed by atoms with E-state index in [1.165, 1.54) is 0 Å². The summed E-state index contributed by atoms with van der Waals surface area (Å²) in [6, 6.07) is 23.1. The van der Waals surface area contributed by atoms with Gasteiger partial charge in [-0.2, -0.15) is 0 Å². The first-order valence-electron chi connectivity index (χ1n) is 8.45. The first-order valence-corrected chi connectivity index (χ1v) is 8.82. The van der Waals surface area contributed by atoms with Crippen molar-refractivity contribution in [2.45, 2.75) is 13.8 Å². The number of nitrogens with one attached hydrogen (secondary N) is 1. The number of benzene rings is 3. The third kappa shape index (κ3) is 4.22. The molecule has 1 N–H and O–H groups in total. The number of carbonyl (C=O) groups excluding carboxylic acids is 1. The summed E-state index contributed by atoms with van der Waals surface area (Å²) >= 11 is 6.29. The number of hydrogen-bond acceptors (Lipinski definition) is 1. The summed E-state index contributed by atoms with van der Waals surface area (Å²) < 4.78 is 0. The van der Waals surface area contributed by atoms with Gasteiger partial charge in [-0.3, -0.25) is 4.79 Å². The molecule has 0 aliphatic rings. The Hall–Kier alpha value is -2.84. The number of rotatable bonds is 4. The van der Waals surface area contributed by atoms with Crippen LogP contribution in [0, 0.1) is 13.8 Å². The normalized spacial score (nSPS) is 11.3. The average Bonchev–Trinajstić information content (AvgIpc) is 2.64. The van der Waals surface area contributed by atoms with Crippen molar-refractivity contribution in [3.63, 3.8) is 0 Å². The van der Waals surface area contributed by atoms with Crippen LogP contribution in [0.3, 0.4) is 0 Å². The summed E-state index contributed by atoms with van der Waals surface area (Å²) in [6.07, 6.45) is 1.83. The number of aryl methyl sites for hydroxylation is 2. The first-order chi connectivity index (χ1) is 12.5. The third-order valence-electron chi connectivity index (χ3n) is 4.16. The Labute approximate surface area is 159 Å². The van der Waals surface area contributed by atoms with Crippen molar-refractivity contribution in [2.24, 2.45) is 0 Å². The molecule has 3 aromatic carbocycles. The minimum atomic E-state index is -0.164. The van der Waals surface area contributed by atoms with E-state index in [-0.39, 0.29) is 5.91 Å². The quantitative estimate of drug-likeness (QED) is 0.439. The van der Waals surface area contributed by atoms with Crippen LogP contribution < -0.4 is 5.32 Å². The van der Waals surface area contributed by atoms with Gasteiger partial charge in [0.15, 0.2) is 0 Å². The van der Waals surface area contributed by atoms with E-state index < -0.39 is 0 Å². The molecule has 3 rings (SSSR count). The molecule has 26 heavy (non-hydrogen) atoms. The maximum atomic E-state index is 13.0. The Morgan fingerprint density at radius 3 is 2.31 bits per heavy atom. The molecule has 0 spiro atoms. The van der Waals surface area contributed by atoms with Crippen molar-refractivity contribution in [1.29, 1.82) is 0 Å². The molecule has 0 aromatic heterocycles. The van der Waals surface area contributed by atoms with E-state index in [2.05, 4.69) is 11.4 Å². The van der Waals surface area contributed by atoms with Crippen LogP contribution in [-0.2, 0) is 4.79 Å². The SMILES string of the molecule is Cc1ccc(NC(=O)/C(=C/c2ccccc2Cl)c2ccccc2)c(C)c1. The van der Waals surface area contributed by atoms with E-state index in [0.717, 1.165) is 27.9 Å². The third-order valence-corrected chi connectivity index (χ3v) is 4.51. The van der Waals surface area contributed by atoms with Crippen LogP contribution in [0.2, 0.25) is 5.02 Å². The Morgan fingerprint density at radius 1 is 0.923 bits per heavy atom. The zero-order valence-corrected chi connectivity index (χ0v) is 15.5. The Kier molecular flexibility index (Phi) is 5.55. The van der Waals surface area contributed by atoms with Crippen LogP contribution in [0.25, 0.3) is 11.6 Å². The highest BCUT2D eigenvalue weighted by molar-refractivity contribution is 6.34. The molecular weight excluding hydrogens is 342 g/mol. The van der Waals surface area contributed by atoms with Gasteiger partial charge in [-0.15, -0.1) is 0 Å². The molecule has 0 aliphatic heterocycles. The summed E-state index contributed by atoms with van der Waals surface area (Å²) in [4.78, 5) is 13.0. The zero-order valence-electron chi connectivity index (χ0n) is 14.8. The van der Waals surface area contributed by atoms with Gasteiger partial charge < -0.3 is 5.32 Å². The molecule has 3 heteroatoms. The highest BCUT2D eigenvalue weighted by Crippen LogP contribution is 2.25. The fourth-order valence-corrected chi connectivity index (χ4v) is 2.98. The van der Waals surface area contributed by atoms with Gasteiger partial charge in [0.25, 0.3) is 5.91 Å². The number of halogens is 1. The maximum Gasteiger partial charge on any atom is 0.256 e. The summed E-state index contributed by atoms with van der Waals surface area (Å²) in [7, 11) is 0. The summed E-state index contributed by atoms with van der Waals surface area (Å²) in [5.74, 6) is -0.164. The van der Waals surface area contributed by atoms with Gasteiger partial charge in [-0.1, -0.05) is 77.8 Å². The van der Waals surface area contributed by atoms with Crippen LogP contribution in [0.1, 0.15) is 22.3 Å². The van der Waals surface area contributed by atoms with Crippen molar-refractivity contribution in [2.75, 3.05) is 5.32 Å². The molecule has 0 heterocycles. The molecule has 130 valence electrons. The van der Waals surface area contributed by atoms with Crippen molar-refractivity contribution in [1.82, 2.24) is 0 Å². The zero-order chi connectivity index (χ0) is 18.5. The monoisotopic (exact) mass is 361 g/mol. The van der Waals surface area contributed by atoms with Gasteiger partial charge in [-0.05, 0) is 48.7 Å². The topological polar surface area (TPSA) is 29.1 Å². The highest BCUT2D eigenvalue weighted by Gasteiger charge is 2.14. The van der Waals surface area contributed by atoms with Crippen LogP contribution in [-0.4, -0.2) is 5.91 Å². The fourth-order valence-electron chi connectivity index (χ4n) is 2.79. The predicted octanol–water partition coefficient (Wildman–Crippen LogP) is 6.14. The molecule has 0 atom stereocenters. The number of hydrogen-bond donors (Lipinski definition) is 1. The second-order valence-electron chi connectivity index (χ2n) is 6.22. The molecule has 0 saturated carbocycles. The van der Waals surface area contributed by atoms with Crippen LogP contribution in [0.15, 0.2) is 72.8 Å². The van der Waals surface area contributed by atoms with Gasteiger partial charge in [0.1, 0.15) is 0 Å². The summed E-state index contributed by atoms with van der Waals surface area (Å²) in [6.45, 7) is 4.02. The lowest BCUT2D eigenvalue weighted by molar-refractivity contribution is -0.111. The largest absolute Gasteiger partial charge is 0.322 e. The predicted molar refractivity (Wildman–Crippen MR) is 110 cm³/mol. The molecule has 2 nitrogen and oxygen atoms in total. The van der Waals surface area contributed by atoms with E-state index >= 15 is 0 Å². The van der Waals surface area contributed by atoms with Gasteiger partial charge in [-0.25, -0.2) is 0 Å². The van der Waals surface area contributed by atoms with E-state index in [1.807, 2.05) is 86.7 Å². The van der Waals surface area contributed by atoms with Crippen molar-refractivity contribution < 1.29 is 4.79 Å². The second-order valence-corrected chi connectivity index (χ2v) is 6.63. The lowest BCUT2D eigenvalue weighted by Crippen LogP contribution is -2.14. The number of anilines is 1. The first kappa shape index (κ1) is 18.0. The lowest BCUT2D eigenvalue weighted by atomic mass is 10.0. The molecule has 0 saturated heterocycles. The Bertz CT molecular complexity index is 961. The van der Waals surface area contributed by atoms with Gasteiger partial charge in [0, 0.05) is 16.3 Å². The highest BCUT2D eigenvalue weighted by atomic mass is 35.5. The van der Waals surface area contributed by atoms with Crippen LogP contribution >= 0.6 is 11.6 Å². The van der Waals surface area contributed by atoms with Crippen LogP contribution in [0.5, 0.6) is 0 Å². The summed E-state index contributed by atoms with van der Waals surface area (Å²) in [5.41, 5.74) is 5.22. The lowest BCUT2D eigenvalue weighted by Gasteiger charge is -2.12. The fraction of sp³-hybridized carbons (Fsp3) is 0.0870. The summed E-state index contributed by atoms with van der Waals surface area (Å²) in [5, 5.41) is 3.64. The molecule has 0 radical (unpaired) electrons. The molecule has 0 unspecified atom stereocenters. The van der Waals surface area contributed by atoms with Gasteiger partial charge in [0.2, 0.25) is 0 Å². The van der Waals surface area contributed by atoms with E-state index in [4.69, 9.17) is 11.6 Å².